The minimum absolute atomic E-state index is 0.0359. The number of hydrogen-bond donors (Lipinski definition) is 0. The van der Waals surface area contributed by atoms with Gasteiger partial charge in [0.05, 0.1) is 12.3 Å². The van der Waals surface area contributed by atoms with Gasteiger partial charge in [-0.1, -0.05) is 6.92 Å². The molecule has 1 aromatic heterocycles. The van der Waals surface area contributed by atoms with Crippen molar-refractivity contribution in [1.29, 1.82) is 0 Å². The van der Waals surface area contributed by atoms with Crippen molar-refractivity contribution < 1.29 is 21.3 Å². The van der Waals surface area contributed by atoms with E-state index in [1.54, 1.807) is 6.07 Å². The largest absolute Gasteiger partial charge is 0.447 e. The molecule has 2 rings (SSSR count). The van der Waals surface area contributed by atoms with Crippen LogP contribution < -0.4 is 0 Å². The van der Waals surface area contributed by atoms with Crippen LogP contribution in [-0.2, 0) is 26.4 Å². The highest BCUT2D eigenvalue weighted by atomic mass is 32.2. The lowest BCUT2D eigenvalue weighted by Gasteiger charge is -2.26. The summed E-state index contributed by atoms with van der Waals surface area (Å²) >= 11 is 0. The number of furan rings is 1. The summed E-state index contributed by atoms with van der Waals surface area (Å²) in [7, 11) is -6.63. The molecule has 1 aromatic rings. The molecule has 0 aliphatic carbocycles. The number of nitrogens with zero attached hydrogens (tertiary/aromatic N) is 2. The third kappa shape index (κ3) is 4.81. The van der Waals surface area contributed by atoms with Crippen LogP contribution in [0.2, 0.25) is 0 Å². The second-order valence-corrected chi connectivity index (χ2v) is 10.4. The van der Waals surface area contributed by atoms with Gasteiger partial charge in [0.2, 0.25) is 5.09 Å². The Morgan fingerprint density at radius 3 is 2.38 bits per heavy atom. The summed E-state index contributed by atoms with van der Waals surface area (Å²) in [4.78, 5) is 1.95. The molecular weight excluding hydrogens is 352 g/mol. The topological polar surface area (TPSA) is 87.9 Å². The molecule has 1 unspecified atom stereocenters. The first-order valence-corrected chi connectivity index (χ1v) is 11.6. The molecule has 0 amide bonds. The van der Waals surface area contributed by atoms with Crippen LogP contribution in [0.15, 0.2) is 21.6 Å². The Hall–Kier alpha value is -0.900. The highest BCUT2D eigenvalue weighted by Crippen LogP contribution is 2.23. The molecule has 0 saturated carbocycles. The van der Waals surface area contributed by atoms with Gasteiger partial charge in [0.15, 0.2) is 0 Å². The molecule has 0 bridgehead atoms. The Balaban J connectivity index is 2.09. The predicted octanol–water partition coefficient (Wildman–Crippen LogP) is 1.32. The second-order valence-electron chi connectivity index (χ2n) is 6.34. The van der Waals surface area contributed by atoms with E-state index in [1.165, 1.54) is 16.6 Å². The van der Waals surface area contributed by atoms with Gasteiger partial charge in [0, 0.05) is 25.4 Å². The molecule has 1 saturated heterocycles. The Bertz CT molecular complexity index is 749. The molecule has 7 nitrogen and oxygen atoms in total. The summed E-state index contributed by atoms with van der Waals surface area (Å²) in [5.41, 5.74) is 0. The average molecular weight is 379 g/mol. The van der Waals surface area contributed by atoms with E-state index in [2.05, 4.69) is 0 Å². The van der Waals surface area contributed by atoms with Crippen molar-refractivity contribution in [3.8, 4) is 0 Å². The molecule has 1 aliphatic heterocycles. The summed E-state index contributed by atoms with van der Waals surface area (Å²) in [6, 6.07) is 2.96. The second kappa shape index (κ2) is 7.55. The van der Waals surface area contributed by atoms with Crippen LogP contribution in [0.3, 0.4) is 0 Å². The Morgan fingerprint density at radius 1 is 1.21 bits per heavy atom. The van der Waals surface area contributed by atoms with Gasteiger partial charge in [0.25, 0.3) is 10.0 Å². The molecule has 0 N–H and O–H groups in total. The zero-order chi connectivity index (χ0) is 18.0. The van der Waals surface area contributed by atoms with Crippen LogP contribution in [0.25, 0.3) is 0 Å². The molecule has 0 spiro atoms. The van der Waals surface area contributed by atoms with E-state index >= 15 is 0 Å². The first kappa shape index (κ1) is 19.4. The maximum atomic E-state index is 12.5. The summed E-state index contributed by atoms with van der Waals surface area (Å²) in [5.74, 6) is 0.579. The van der Waals surface area contributed by atoms with Crippen LogP contribution in [0, 0.1) is 0 Å². The van der Waals surface area contributed by atoms with Crippen molar-refractivity contribution in [2.45, 2.75) is 44.4 Å². The fourth-order valence-corrected chi connectivity index (χ4v) is 5.49. The molecule has 0 aromatic carbocycles. The van der Waals surface area contributed by atoms with E-state index in [4.69, 9.17) is 4.42 Å². The fraction of sp³-hybridized carbons (Fsp3) is 0.733. The normalized spacial score (nSPS) is 18.3. The molecule has 1 atom stereocenters. The molecule has 0 radical (unpaired) electrons. The van der Waals surface area contributed by atoms with Crippen LogP contribution in [0.5, 0.6) is 0 Å². The highest BCUT2D eigenvalue weighted by Gasteiger charge is 2.30. The van der Waals surface area contributed by atoms with Crippen LogP contribution >= 0.6 is 0 Å². The average Bonchev–Trinajstić information content (AvgIpc) is 3.14. The Kier molecular flexibility index (Phi) is 6.11. The van der Waals surface area contributed by atoms with E-state index in [0.29, 0.717) is 31.9 Å². The third-order valence-electron chi connectivity index (χ3n) is 4.23. The molecule has 1 aliphatic rings. The first-order chi connectivity index (χ1) is 11.1. The summed E-state index contributed by atoms with van der Waals surface area (Å²) in [6.45, 7) is 5.86. The first-order valence-electron chi connectivity index (χ1n) is 8.14. The number of hydrogen-bond acceptors (Lipinski definition) is 6. The van der Waals surface area contributed by atoms with E-state index in [9.17, 15) is 16.8 Å². The smallest absolute Gasteiger partial charge is 0.276 e. The zero-order valence-electron chi connectivity index (χ0n) is 14.4. The Morgan fingerprint density at radius 2 is 1.83 bits per heavy atom. The van der Waals surface area contributed by atoms with Gasteiger partial charge in [0.1, 0.15) is 15.6 Å². The van der Waals surface area contributed by atoms with Gasteiger partial charge in [-0.15, -0.1) is 0 Å². The number of sulfonamides is 1. The minimum Gasteiger partial charge on any atom is -0.447 e. The monoisotopic (exact) mass is 378 g/mol. The van der Waals surface area contributed by atoms with E-state index < -0.39 is 19.9 Å². The third-order valence-corrected chi connectivity index (χ3v) is 7.09. The molecule has 9 heteroatoms. The van der Waals surface area contributed by atoms with E-state index in [1.807, 2.05) is 18.7 Å². The summed E-state index contributed by atoms with van der Waals surface area (Å²) < 4.78 is 54.8. The van der Waals surface area contributed by atoms with Crippen molar-refractivity contribution in [3.63, 3.8) is 0 Å². The predicted molar refractivity (Wildman–Crippen MR) is 92.0 cm³/mol. The van der Waals surface area contributed by atoms with Gasteiger partial charge in [-0.2, -0.15) is 4.31 Å². The fourth-order valence-electron chi connectivity index (χ4n) is 2.96. The molecule has 2 heterocycles. The number of sulfone groups is 1. The lowest BCUT2D eigenvalue weighted by atomic mass is 10.3. The maximum Gasteiger partial charge on any atom is 0.276 e. The number of rotatable bonds is 8. The minimum atomic E-state index is -3.56. The SMILES string of the molecule is CCN(Cc1ccc(S(=O)(=O)N2CCCC2)o1)C(C)CS(C)(=O)=O. The van der Waals surface area contributed by atoms with Crippen molar-refractivity contribution in [1.82, 2.24) is 9.21 Å². The van der Waals surface area contributed by atoms with Crippen LogP contribution in [0.4, 0.5) is 0 Å². The lowest BCUT2D eigenvalue weighted by molar-refractivity contribution is 0.203. The van der Waals surface area contributed by atoms with Crippen LogP contribution in [0.1, 0.15) is 32.4 Å². The van der Waals surface area contributed by atoms with E-state index in [-0.39, 0.29) is 16.9 Å². The Labute approximate surface area is 144 Å². The van der Waals surface area contributed by atoms with Crippen molar-refractivity contribution >= 4 is 19.9 Å². The van der Waals surface area contributed by atoms with Gasteiger partial charge in [-0.3, -0.25) is 4.90 Å². The summed E-state index contributed by atoms with van der Waals surface area (Å²) in [5, 5.41) is -0.0359. The zero-order valence-corrected chi connectivity index (χ0v) is 16.1. The standard InChI is InChI=1S/C15H26N2O5S2/c1-4-16(13(2)12-23(3,18)19)11-14-7-8-15(22-14)24(20,21)17-9-5-6-10-17/h7-8,13H,4-6,9-12H2,1-3H3. The quantitative estimate of drug-likeness (QED) is 0.678. The molecular formula is C15H26N2O5S2. The van der Waals surface area contributed by atoms with E-state index in [0.717, 1.165) is 12.8 Å². The van der Waals surface area contributed by atoms with Crippen molar-refractivity contribution in [2.24, 2.45) is 0 Å². The summed E-state index contributed by atoms with van der Waals surface area (Å²) in [6.07, 6.45) is 2.96. The lowest BCUT2D eigenvalue weighted by Crippen LogP contribution is -2.37. The van der Waals surface area contributed by atoms with Crippen LogP contribution in [-0.4, -0.2) is 63.7 Å². The molecule has 138 valence electrons. The highest BCUT2D eigenvalue weighted by molar-refractivity contribution is 7.90. The van der Waals surface area contributed by atoms with Crippen molar-refractivity contribution in [2.75, 3.05) is 31.6 Å². The maximum absolute atomic E-state index is 12.5. The van der Waals surface area contributed by atoms with Gasteiger partial charge in [-0.05, 0) is 38.4 Å². The molecule has 24 heavy (non-hydrogen) atoms. The van der Waals surface area contributed by atoms with Crippen molar-refractivity contribution in [3.05, 3.63) is 17.9 Å². The van der Waals surface area contributed by atoms with Gasteiger partial charge in [-0.25, -0.2) is 16.8 Å². The molecule has 1 fully saturated rings. The van der Waals surface area contributed by atoms with Gasteiger partial charge < -0.3 is 4.42 Å². The van der Waals surface area contributed by atoms with Gasteiger partial charge >= 0.3 is 0 Å².